The van der Waals surface area contributed by atoms with Crippen molar-refractivity contribution in [2.45, 2.75) is 91.1 Å². The minimum atomic E-state index is -0.415. The number of hydrogen-bond donors (Lipinski definition) is 3. The third kappa shape index (κ3) is 5.40. The highest BCUT2D eigenvalue weighted by Gasteiger charge is 2.28. The molecule has 2 aromatic carbocycles. The van der Waals surface area contributed by atoms with Crippen LogP contribution in [0.1, 0.15) is 95.3 Å². The number of nitrogens with one attached hydrogen (secondary N) is 1. The van der Waals surface area contributed by atoms with E-state index in [1.807, 2.05) is 77.3 Å². The average Bonchev–Trinajstić information content (AvgIpc) is 3.03. The minimum Gasteiger partial charge on any atom is -0.507 e. The fourth-order valence-electron chi connectivity index (χ4n) is 4.85. The molecule has 194 valence electrons. The third-order valence-corrected chi connectivity index (χ3v) is 6.69. The molecular weight excluding hydrogens is 452 g/mol. The second-order valence-electron chi connectivity index (χ2n) is 11.7. The molecule has 7 heteroatoms. The van der Waals surface area contributed by atoms with E-state index in [9.17, 15) is 14.7 Å². The number of aromatic hydroxyl groups is 1. The number of rotatable bonds is 8. The summed E-state index contributed by atoms with van der Waals surface area (Å²) in [5.74, 6) is -0.332. The van der Waals surface area contributed by atoms with Crippen LogP contribution in [-0.2, 0) is 22.2 Å². The molecule has 3 rings (SSSR count). The normalized spacial score (nSPS) is 13.2. The monoisotopic (exact) mass is 492 g/mol. The molecule has 1 atom stereocenters. The fourth-order valence-corrected chi connectivity index (χ4v) is 4.85. The number of nitrogens with two attached hydrogens (primary N) is 1. The molecule has 0 aliphatic heterocycles. The number of fused-ring (bicyclic) bond motifs is 1. The Balaban J connectivity index is 2.16. The number of phenolic OH excluding ortho intramolecular Hbond substituents is 1. The maximum absolute atomic E-state index is 13.7. The molecule has 1 aromatic heterocycles. The minimum absolute atomic E-state index is 0.0281. The molecule has 7 nitrogen and oxygen atoms in total. The average molecular weight is 493 g/mol. The zero-order valence-electron chi connectivity index (χ0n) is 22.6. The Bertz CT molecular complexity index is 1310. The van der Waals surface area contributed by atoms with Crippen LogP contribution in [0.2, 0.25) is 0 Å². The van der Waals surface area contributed by atoms with Crippen molar-refractivity contribution in [2.75, 3.05) is 0 Å². The highest BCUT2D eigenvalue weighted by atomic mass is 16.3. The van der Waals surface area contributed by atoms with Gasteiger partial charge in [-0.15, -0.1) is 0 Å². The predicted molar refractivity (Wildman–Crippen MR) is 143 cm³/mol. The second-order valence-corrected chi connectivity index (χ2v) is 11.7. The molecule has 0 aliphatic carbocycles. The molecule has 0 saturated carbocycles. The Morgan fingerprint density at radius 2 is 1.53 bits per heavy atom. The number of primary amides is 1. The van der Waals surface area contributed by atoms with Crippen LogP contribution in [0.5, 0.6) is 5.75 Å². The molecule has 1 unspecified atom stereocenters. The molecule has 0 spiro atoms. The molecule has 0 aliphatic rings. The Morgan fingerprint density at radius 1 is 1.00 bits per heavy atom. The summed E-state index contributed by atoms with van der Waals surface area (Å²) in [4.78, 5) is 25.5. The lowest BCUT2D eigenvalue weighted by atomic mass is 9.78. The zero-order chi connectivity index (χ0) is 27.0. The molecule has 0 radical (unpaired) electrons. The maximum atomic E-state index is 13.7. The Morgan fingerprint density at radius 3 is 2.00 bits per heavy atom. The number of para-hydroxylation sites is 2. The first kappa shape index (κ1) is 27.2. The van der Waals surface area contributed by atoms with Gasteiger partial charge in [-0.2, -0.15) is 0 Å². The molecular formula is C29H40N4O3. The summed E-state index contributed by atoms with van der Waals surface area (Å²) in [6, 6.07) is 10.9. The van der Waals surface area contributed by atoms with E-state index in [2.05, 4.69) is 0 Å². The largest absolute Gasteiger partial charge is 0.507 e. The van der Waals surface area contributed by atoms with Gasteiger partial charge in [0, 0.05) is 29.2 Å². The summed E-state index contributed by atoms with van der Waals surface area (Å²) in [6.45, 7) is 14.1. The Hall–Kier alpha value is -3.35. The summed E-state index contributed by atoms with van der Waals surface area (Å²) in [6.07, 6.45) is 1.67. The van der Waals surface area contributed by atoms with E-state index in [0.717, 1.165) is 28.6 Å². The van der Waals surface area contributed by atoms with Gasteiger partial charge in [0.25, 0.3) is 0 Å². The maximum Gasteiger partial charge on any atom is 0.219 e. The van der Waals surface area contributed by atoms with E-state index in [1.54, 1.807) is 16.7 Å². The van der Waals surface area contributed by atoms with Crippen LogP contribution in [0.25, 0.3) is 11.0 Å². The number of carbonyl (C=O) groups is 2. The van der Waals surface area contributed by atoms with Gasteiger partial charge in [0.05, 0.1) is 17.6 Å². The number of hydrogen-bond acceptors (Lipinski definition) is 4. The summed E-state index contributed by atoms with van der Waals surface area (Å²) < 4.78 is 3.52. The highest BCUT2D eigenvalue weighted by molar-refractivity contribution is 5.97. The van der Waals surface area contributed by atoms with Gasteiger partial charge >= 0.3 is 0 Å². The number of amides is 1. The number of imidazole rings is 1. The van der Waals surface area contributed by atoms with Gasteiger partial charge in [0.1, 0.15) is 5.75 Å². The van der Waals surface area contributed by atoms with Crippen molar-refractivity contribution in [1.29, 1.82) is 5.41 Å². The molecule has 0 bridgehead atoms. The lowest BCUT2D eigenvalue weighted by Crippen LogP contribution is -2.31. The molecule has 3 aromatic rings. The highest BCUT2D eigenvalue weighted by Crippen LogP contribution is 2.40. The molecule has 4 N–H and O–H groups in total. The predicted octanol–water partition coefficient (Wildman–Crippen LogP) is 5.32. The van der Waals surface area contributed by atoms with Crippen molar-refractivity contribution >= 4 is 22.7 Å². The van der Waals surface area contributed by atoms with E-state index >= 15 is 0 Å². The number of Topliss-reactive ketones (excluding diaryl/α,β-unsaturated/α-hetero) is 1. The summed E-state index contributed by atoms with van der Waals surface area (Å²) in [5.41, 5.74) is 8.50. The molecule has 1 heterocycles. The standard InChI is InChI=1S/C29H40N4O3/c1-8-11-19(16-25(30)35)33-23-13-10-9-12-22(23)32(27(33)31)17-24(34)18-14-20(28(2,3)4)26(36)21(15-18)29(5,6)7/h9-10,12-15,19,31,36H,8,11,16-17H2,1-7H3,(H2,30,35). The van der Waals surface area contributed by atoms with Crippen molar-refractivity contribution in [3.63, 3.8) is 0 Å². The van der Waals surface area contributed by atoms with Gasteiger partial charge in [0.15, 0.2) is 5.78 Å². The van der Waals surface area contributed by atoms with E-state index in [0.29, 0.717) is 12.0 Å². The van der Waals surface area contributed by atoms with Crippen LogP contribution in [0.15, 0.2) is 36.4 Å². The van der Waals surface area contributed by atoms with E-state index in [-0.39, 0.29) is 47.0 Å². The topological polar surface area (TPSA) is 114 Å². The van der Waals surface area contributed by atoms with Gasteiger partial charge in [-0.05, 0) is 41.5 Å². The van der Waals surface area contributed by atoms with Crippen molar-refractivity contribution in [3.8, 4) is 5.75 Å². The first-order chi connectivity index (χ1) is 16.7. The summed E-state index contributed by atoms with van der Waals surface area (Å²) >= 11 is 0. The SMILES string of the molecule is CCCC(CC(N)=O)n1c(=N)n(CC(=O)c2cc(C(C)(C)C)c(O)c(C(C)(C)C)c2)c2ccccc21. The Labute approximate surface area is 213 Å². The van der Waals surface area contributed by atoms with Gasteiger partial charge < -0.3 is 20.0 Å². The smallest absolute Gasteiger partial charge is 0.219 e. The van der Waals surface area contributed by atoms with Gasteiger partial charge in [-0.25, -0.2) is 0 Å². The van der Waals surface area contributed by atoms with Crippen LogP contribution < -0.4 is 11.4 Å². The quantitative estimate of drug-likeness (QED) is 0.370. The first-order valence-corrected chi connectivity index (χ1v) is 12.6. The number of aromatic nitrogens is 2. The number of nitrogens with zero attached hydrogens (tertiary/aromatic N) is 2. The van der Waals surface area contributed by atoms with Crippen LogP contribution >= 0.6 is 0 Å². The van der Waals surface area contributed by atoms with Gasteiger partial charge in [-0.1, -0.05) is 67.0 Å². The van der Waals surface area contributed by atoms with Crippen LogP contribution in [-0.4, -0.2) is 25.9 Å². The Kier molecular flexibility index (Phi) is 7.53. The lowest BCUT2D eigenvalue weighted by Gasteiger charge is -2.28. The fraction of sp³-hybridized carbons (Fsp3) is 0.483. The molecule has 0 saturated heterocycles. The number of benzene rings is 2. The third-order valence-electron chi connectivity index (χ3n) is 6.69. The number of phenols is 1. The number of ketones is 1. The van der Waals surface area contributed by atoms with Crippen molar-refractivity contribution in [3.05, 3.63) is 58.7 Å². The van der Waals surface area contributed by atoms with E-state index in [1.165, 1.54) is 0 Å². The van der Waals surface area contributed by atoms with Crippen LogP contribution in [0.3, 0.4) is 0 Å². The molecule has 36 heavy (non-hydrogen) atoms. The molecule has 0 fully saturated rings. The summed E-state index contributed by atoms with van der Waals surface area (Å²) in [7, 11) is 0. The zero-order valence-corrected chi connectivity index (χ0v) is 22.6. The van der Waals surface area contributed by atoms with E-state index in [4.69, 9.17) is 11.1 Å². The number of carbonyl (C=O) groups excluding carboxylic acids is 2. The first-order valence-electron chi connectivity index (χ1n) is 12.6. The van der Waals surface area contributed by atoms with Gasteiger partial charge in [-0.3, -0.25) is 15.0 Å². The van der Waals surface area contributed by atoms with Crippen molar-refractivity contribution in [1.82, 2.24) is 9.13 Å². The van der Waals surface area contributed by atoms with Crippen molar-refractivity contribution < 1.29 is 14.7 Å². The lowest BCUT2D eigenvalue weighted by molar-refractivity contribution is -0.118. The van der Waals surface area contributed by atoms with Crippen molar-refractivity contribution in [2.24, 2.45) is 5.73 Å². The van der Waals surface area contributed by atoms with Crippen LogP contribution in [0, 0.1) is 5.41 Å². The van der Waals surface area contributed by atoms with Crippen LogP contribution in [0.4, 0.5) is 0 Å². The van der Waals surface area contributed by atoms with E-state index < -0.39 is 5.91 Å². The second kappa shape index (κ2) is 9.96. The van der Waals surface area contributed by atoms with Gasteiger partial charge in [0.2, 0.25) is 11.5 Å². The molecule has 1 amide bonds. The summed E-state index contributed by atoms with van der Waals surface area (Å²) in [5, 5.41) is 20.0.